The van der Waals surface area contributed by atoms with Gasteiger partial charge in [0.15, 0.2) is 0 Å². The van der Waals surface area contributed by atoms with Crippen LogP contribution in [0.25, 0.3) is 16.9 Å². The van der Waals surface area contributed by atoms with E-state index in [2.05, 4.69) is 29.5 Å². The summed E-state index contributed by atoms with van der Waals surface area (Å²) >= 11 is 1.65. The molecule has 3 rings (SSSR count). The van der Waals surface area contributed by atoms with Gasteiger partial charge in [-0.05, 0) is 30.5 Å². The summed E-state index contributed by atoms with van der Waals surface area (Å²) in [5, 5.41) is 8.63. The predicted molar refractivity (Wildman–Crippen MR) is 76.0 cm³/mol. The van der Waals surface area contributed by atoms with Crippen LogP contribution in [0.4, 0.5) is 5.69 Å². The first-order valence-corrected chi connectivity index (χ1v) is 6.63. The SMILES string of the molecule is Cc1ccc(-n2cc(N)c(-c3ccsc3)n2)cc1. The lowest BCUT2D eigenvalue weighted by Crippen LogP contribution is -1.94. The monoisotopic (exact) mass is 255 g/mol. The van der Waals surface area contributed by atoms with Gasteiger partial charge in [-0.2, -0.15) is 16.4 Å². The highest BCUT2D eigenvalue weighted by Gasteiger charge is 2.09. The number of hydrogen-bond donors (Lipinski definition) is 1. The fourth-order valence-corrected chi connectivity index (χ4v) is 2.48. The highest BCUT2D eigenvalue weighted by molar-refractivity contribution is 7.08. The Hall–Kier alpha value is -2.07. The highest BCUT2D eigenvalue weighted by atomic mass is 32.1. The molecule has 0 aliphatic carbocycles. The van der Waals surface area contributed by atoms with Crippen molar-refractivity contribution < 1.29 is 0 Å². The normalized spacial score (nSPS) is 10.7. The van der Waals surface area contributed by atoms with Crippen LogP contribution in [0.15, 0.2) is 47.3 Å². The molecule has 0 unspecified atom stereocenters. The standard InChI is InChI=1S/C14H13N3S/c1-10-2-4-12(5-3-10)17-8-13(15)14(16-17)11-6-7-18-9-11/h2-9H,15H2,1H3. The third kappa shape index (κ3) is 1.91. The van der Waals surface area contributed by atoms with E-state index in [1.165, 1.54) is 5.56 Å². The Labute approximate surface area is 109 Å². The van der Waals surface area contributed by atoms with Gasteiger partial charge in [0.1, 0.15) is 5.69 Å². The van der Waals surface area contributed by atoms with E-state index in [-0.39, 0.29) is 0 Å². The van der Waals surface area contributed by atoms with Crippen molar-refractivity contribution in [2.45, 2.75) is 6.92 Å². The zero-order valence-electron chi connectivity index (χ0n) is 10.00. The lowest BCUT2D eigenvalue weighted by molar-refractivity contribution is 0.884. The molecule has 0 radical (unpaired) electrons. The lowest BCUT2D eigenvalue weighted by atomic mass is 10.2. The van der Waals surface area contributed by atoms with Crippen LogP contribution in [0.1, 0.15) is 5.56 Å². The Kier molecular flexibility index (Phi) is 2.64. The number of nitrogens with zero attached hydrogens (tertiary/aromatic N) is 2. The summed E-state index contributed by atoms with van der Waals surface area (Å²) in [6.45, 7) is 2.07. The molecule has 0 atom stereocenters. The largest absolute Gasteiger partial charge is 0.396 e. The summed E-state index contributed by atoms with van der Waals surface area (Å²) < 4.78 is 1.82. The number of hydrogen-bond acceptors (Lipinski definition) is 3. The number of anilines is 1. The molecule has 0 saturated heterocycles. The van der Waals surface area contributed by atoms with Gasteiger partial charge in [-0.25, -0.2) is 4.68 Å². The van der Waals surface area contributed by atoms with Crippen LogP contribution in [0.2, 0.25) is 0 Å². The maximum atomic E-state index is 6.02. The number of rotatable bonds is 2. The Morgan fingerprint density at radius 2 is 1.94 bits per heavy atom. The Morgan fingerprint density at radius 3 is 2.61 bits per heavy atom. The van der Waals surface area contributed by atoms with Crippen molar-refractivity contribution in [3.8, 4) is 16.9 Å². The fourth-order valence-electron chi connectivity index (χ4n) is 1.84. The zero-order valence-corrected chi connectivity index (χ0v) is 10.8. The fraction of sp³-hybridized carbons (Fsp3) is 0.0714. The molecule has 2 heterocycles. The van der Waals surface area contributed by atoms with Crippen LogP contribution in [-0.2, 0) is 0 Å². The first kappa shape index (κ1) is 11.0. The average molecular weight is 255 g/mol. The van der Waals surface area contributed by atoms with E-state index in [9.17, 15) is 0 Å². The van der Waals surface area contributed by atoms with Crippen molar-refractivity contribution in [1.29, 1.82) is 0 Å². The molecule has 0 aliphatic rings. The molecule has 0 bridgehead atoms. The maximum absolute atomic E-state index is 6.02. The Morgan fingerprint density at radius 1 is 1.17 bits per heavy atom. The molecule has 2 N–H and O–H groups in total. The molecule has 3 aromatic rings. The minimum Gasteiger partial charge on any atom is -0.396 e. The second kappa shape index (κ2) is 4.31. The van der Waals surface area contributed by atoms with Gasteiger partial charge in [0.2, 0.25) is 0 Å². The van der Waals surface area contributed by atoms with Gasteiger partial charge >= 0.3 is 0 Å². The molecule has 0 spiro atoms. The summed E-state index contributed by atoms with van der Waals surface area (Å²) in [7, 11) is 0. The third-order valence-corrected chi connectivity index (χ3v) is 3.52. The first-order valence-electron chi connectivity index (χ1n) is 5.69. The third-order valence-electron chi connectivity index (χ3n) is 2.84. The van der Waals surface area contributed by atoms with Gasteiger partial charge in [0.25, 0.3) is 0 Å². The summed E-state index contributed by atoms with van der Waals surface area (Å²) in [6.07, 6.45) is 1.86. The molecule has 3 nitrogen and oxygen atoms in total. The maximum Gasteiger partial charge on any atom is 0.116 e. The molecule has 4 heteroatoms. The van der Waals surface area contributed by atoms with Crippen molar-refractivity contribution in [1.82, 2.24) is 9.78 Å². The summed E-state index contributed by atoms with van der Waals surface area (Å²) in [5.41, 5.74) is 10.9. The number of nitrogen functional groups attached to an aromatic ring is 1. The van der Waals surface area contributed by atoms with Gasteiger partial charge in [-0.1, -0.05) is 17.7 Å². The predicted octanol–water partition coefficient (Wildman–Crippen LogP) is 3.49. The van der Waals surface area contributed by atoms with E-state index in [0.29, 0.717) is 5.69 Å². The summed E-state index contributed by atoms with van der Waals surface area (Å²) in [6, 6.07) is 10.2. The van der Waals surface area contributed by atoms with E-state index in [0.717, 1.165) is 16.9 Å². The quantitative estimate of drug-likeness (QED) is 0.761. The van der Waals surface area contributed by atoms with Gasteiger partial charge in [-0.15, -0.1) is 0 Å². The van der Waals surface area contributed by atoms with Gasteiger partial charge < -0.3 is 5.73 Å². The number of aromatic nitrogens is 2. The second-order valence-electron chi connectivity index (χ2n) is 4.23. The average Bonchev–Trinajstić information content (AvgIpc) is 2.99. The molecule has 18 heavy (non-hydrogen) atoms. The molecule has 1 aromatic carbocycles. The topological polar surface area (TPSA) is 43.8 Å². The van der Waals surface area contributed by atoms with Gasteiger partial charge in [-0.3, -0.25) is 0 Å². The molecule has 0 aliphatic heterocycles. The minimum absolute atomic E-state index is 0.703. The van der Waals surface area contributed by atoms with Crippen molar-refractivity contribution >= 4 is 17.0 Å². The molecule has 2 aromatic heterocycles. The smallest absolute Gasteiger partial charge is 0.116 e. The van der Waals surface area contributed by atoms with Crippen molar-refractivity contribution in [2.75, 3.05) is 5.73 Å². The van der Waals surface area contributed by atoms with E-state index in [4.69, 9.17) is 5.73 Å². The molecular formula is C14H13N3S. The number of nitrogens with two attached hydrogens (primary N) is 1. The van der Waals surface area contributed by atoms with Gasteiger partial charge in [0, 0.05) is 10.9 Å². The first-order chi connectivity index (χ1) is 8.74. The number of aryl methyl sites for hydroxylation is 1. The van der Waals surface area contributed by atoms with Crippen molar-refractivity contribution in [2.24, 2.45) is 0 Å². The Balaban J connectivity index is 2.05. The molecular weight excluding hydrogens is 242 g/mol. The van der Waals surface area contributed by atoms with Crippen LogP contribution in [0.5, 0.6) is 0 Å². The van der Waals surface area contributed by atoms with Crippen LogP contribution < -0.4 is 5.73 Å². The number of benzene rings is 1. The number of thiophene rings is 1. The molecule has 0 amide bonds. The summed E-state index contributed by atoms with van der Waals surface area (Å²) in [5.74, 6) is 0. The molecule has 0 fully saturated rings. The van der Waals surface area contributed by atoms with Crippen LogP contribution in [0, 0.1) is 6.92 Å². The van der Waals surface area contributed by atoms with Crippen LogP contribution in [0.3, 0.4) is 0 Å². The molecule has 0 saturated carbocycles. The molecule has 90 valence electrons. The van der Waals surface area contributed by atoms with Gasteiger partial charge in [0.05, 0.1) is 17.6 Å². The summed E-state index contributed by atoms with van der Waals surface area (Å²) in [4.78, 5) is 0. The van der Waals surface area contributed by atoms with E-state index in [1.54, 1.807) is 11.3 Å². The van der Waals surface area contributed by atoms with Crippen molar-refractivity contribution in [3.63, 3.8) is 0 Å². The van der Waals surface area contributed by atoms with E-state index in [1.807, 2.05) is 34.5 Å². The van der Waals surface area contributed by atoms with E-state index < -0.39 is 0 Å². The highest BCUT2D eigenvalue weighted by Crippen LogP contribution is 2.27. The minimum atomic E-state index is 0.703. The van der Waals surface area contributed by atoms with Crippen LogP contribution >= 0.6 is 11.3 Å². The zero-order chi connectivity index (χ0) is 12.5. The van der Waals surface area contributed by atoms with Crippen molar-refractivity contribution in [3.05, 3.63) is 52.9 Å². The van der Waals surface area contributed by atoms with E-state index >= 15 is 0 Å². The Bertz CT molecular complexity index is 651. The van der Waals surface area contributed by atoms with Crippen LogP contribution in [-0.4, -0.2) is 9.78 Å². The second-order valence-corrected chi connectivity index (χ2v) is 5.01. The lowest BCUT2D eigenvalue weighted by Gasteiger charge is -2.00.